The third-order valence-corrected chi connectivity index (χ3v) is 5.52. The molecule has 2 fully saturated rings. The van der Waals surface area contributed by atoms with Crippen LogP contribution >= 0.6 is 11.8 Å². The Labute approximate surface area is 128 Å². The van der Waals surface area contributed by atoms with Gasteiger partial charge in [0.25, 0.3) is 0 Å². The summed E-state index contributed by atoms with van der Waals surface area (Å²) < 4.78 is 0. The highest BCUT2D eigenvalue weighted by Crippen LogP contribution is 2.39. The first-order valence-corrected chi connectivity index (χ1v) is 8.59. The van der Waals surface area contributed by atoms with Crippen LogP contribution in [-0.2, 0) is 6.42 Å². The molecule has 0 radical (unpaired) electrons. The third-order valence-electron chi connectivity index (χ3n) is 4.40. The molecule has 0 aromatic carbocycles. The van der Waals surface area contributed by atoms with Crippen molar-refractivity contribution >= 4 is 23.5 Å². The van der Waals surface area contributed by atoms with Gasteiger partial charge in [0.1, 0.15) is 5.82 Å². The van der Waals surface area contributed by atoms with Crippen LogP contribution in [0.1, 0.15) is 18.5 Å². The van der Waals surface area contributed by atoms with Crippen molar-refractivity contribution in [1.82, 2.24) is 9.97 Å². The number of aromatic nitrogens is 2. The Kier molecular flexibility index (Phi) is 3.43. The first-order chi connectivity index (χ1) is 10.2. The van der Waals surface area contributed by atoms with Crippen molar-refractivity contribution in [2.45, 2.75) is 36.4 Å². The van der Waals surface area contributed by atoms with Crippen molar-refractivity contribution in [2.24, 2.45) is 0 Å². The molecule has 6 nitrogen and oxygen atoms in total. The Balaban J connectivity index is 1.70. The molecule has 1 aromatic heterocycles. The number of hydrogen-bond donors (Lipinski definition) is 2. The minimum atomic E-state index is -0.270. The zero-order chi connectivity index (χ0) is 14.4. The lowest BCUT2D eigenvalue weighted by Gasteiger charge is -2.23. The van der Waals surface area contributed by atoms with E-state index in [1.807, 2.05) is 11.8 Å². The standard InChI is InChI=1S/C14H20N4O2S/c19-9-1-4-17(7-9)13-12-11(3-6-21-12)15-14(16-13)18-5-2-10(20)8-18/h9-10,19-20H,1-8H2/t9-,10-/m1/s1. The van der Waals surface area contributed by atoms with Gasteiger partial charge in [0.15, 0.2) is 0 Å². The van der Waals surface area contributed by atoms with Crippen LogP contribution in [0.15, 0.2) is 4.90 Å². The van der Waals surface area contributed by atoms with Crippen LogP contribution in [0, 0.1) is 0 Å². The molecular weight excluding hydrogens is 288 g/mol. The van der Waals surface area contributed by atoms with Crippen molar-refractivity contribution in [3.8, 4) is 0 Å². The van der Waals surface area contributed by atoms with Crippen molar-refractivity contribution in [3.05, 3.63) is 5.69 Å². The van der Waals surface area contributed by atoms with Gasteiger partial charge in [0.05, 0.1) is 22.8 Å². The number of aryl methyl sites for hydroxylation is 1. The first kappa shape index (κ1) is 13.6. The minimum Gasteiger partial charge on any atom is -0.391 e. The molecule has 0 aliphatic carbocycles. The van der Waals surface area contributed by atoms with Gasteiger partial charge in [0, 0.05) is 38.4 Å². The van der Waals surface area contributed by atoms with Crippen LogP contribution in [0.2, 0.25) is 0 Å². The monoisotopic (exact) mass is 308 g/mol. The van der Waals surface area contributed by atoms with Crippen molar-refractivity contribution in [1.29, 1.82) is 0 Å². The van der Waals surface area contributed by atoms with E-state index in [0.717, 1.165) is 55.6 Å². The molecule has 2 atom stereocenters. The summed E-state index contributed by atoms with van der Waals surface area (Å²) in [5.41, 5.74) is 1.13. The molecule has 0 bridgehead atoms. The number of fused-ring (bicyclic) bond motifs is 1. The van der Waals surface area contributed by atoms with E-state index in [1.165, 1.54) is 4.90 Å². The zero-order valence-corrected chi connectivity index (χ0v) is 12.7. The maximum atomic E-state index is 9.79. The van der Waals surface area contributed by atoms with Crippen LogP contribution in [0.3, 0.4) is 0 Å². The van der Waals surface area contributed by atoms with E-state index in [9.17, 15) is 10.2 Å². The van der Waals surface area contributed by atoms with E-state index < -0.39 is 0 Å². The Hall–Kier alpha value is -1.05. The van der Waals surface area contributed by atoms with E-state index in [4.69, 9.17) is 9.97 Å². The highest BCUT2D eigenvalue weighted by atomic mass is 32.2. The van der Waals surface area contributed by atoms with Crippen molar-refractivity contribution in [2.75, 3.05) is 41.7 Å². The molecule has 0 saturated carbocycles. The number of thioether (sulfide) groups is 1. The SMILES string of the molecule is O[C@@H]1CCN(c2nc3c(c(N4CC[C@@H](O)C4)n2)SCC3)C1. The van der Waals surface area contributed by atoms with Gasteiger partial charge in [-0.05, 0) is 12.8 Å². The molecule has 21 heavy (non-hydrogen) atoms. The normalized spacial score (nSPS) is 28.5. The van der Waals surface area contributed by atoms with E-state index in [-0.39, 0.29) is 12.2 Å². The lowest BCUT2D eigenvalue weighted by Crippen LogP contribution is -2.27. The van der Waals surface area contributed by atoms with Gasteiger partial charge >= 0.3 is 0 Å². The highest BCUT2D eigenvalue weighted by molar-refractivity contribution is 7.99. The zero-order valence-electron chi connectivity index (χ0n) is 11.9. The summed E-state index contributed by atoms with van der Waals surface area (Å²) in [5.74, 6) is 2.78. The van der Waals surface area contributed by atoms with Gasteiger partial charge in [-0.1, -0.05) is 0 Å². The van der Waals surface area contributed by atoms with Crippen molar-refractivity contribution < 1.29 is 10.2 Å². The average Bonchev–Trinajstić information content (AvgIpc) is 3.17. The topological polar surface area (TPSA) is 72.7 Å². The largest absolute Gasteiger partial charge is 0.391 e. The van der Waals surface area contributed by atoms with Crippen LogP contribution in [0.25, 0.3) is 0 Å². The number of rotatable bonds is 2. The second-order valence-electron chi connectivity index (χ2n) is 6.00. The molecular formula is C14H20N4O2S. The fourth-order valence-electron chi connectivity index (χ4n) is 3.25. The molecule has 4 rings (SSSR count). The molecule has 3 aliphatic heterocycles. The highest BCUT2D eigenvalue weighted by Gasteiger charge is 2.30. The predicted molar refractivity (Wildman–Crippen MR) is 82.1 cm³/mol. The molecule has 114 valence electrons. The summed E-state index contributed by atoms with van der Waals surface area (Å²) in [4.78, 5) is 14.9. The Morgan fingerprint density at radius 3 is 2.38 bits per heavy atom. The van der Waals surface area contributed by atoms with E-state index >= 15 is 0 Å². The summed E-state index contributed by atoms with van der Waals surface area (Å²) in [6.07, 6.45) is 2.05. The van der Waals surface area contributed by atoms with Gasteiger partial charge in [-0.3, -0.25) is 0 Å². The fraction of sp³-hybridized carbons (Fsp3) is 0.714. The summed E-state index contributed by atoms with van der Waals surface area (Å²) in [5, 5.41) is 19.5. The fourth-order valence-corrected chi connectivity index (χ4v) is 4.37. The molecule has 4 heterocycles. The number of aliphatic hydroxyl groups is 2. The molecule has 7 heteroatoms. The summed E-state index contributed by atoms with van der Waals surface area (Å²) in [6.45, 7) is 2.95. The molecule has 0 amide bonds. The minimum absolute atomic E-state index is 0.251. The van der Waals surface area contributed by atoms with Crippen LogP contribution in [0.4, 0.5) is 11.8 Å². The Bertz CT molecular complexity index is 556. The smallest absolute Gasteiger partial charge is 0.227 e. The maximum Gasteiger partial charge on any atom is 0.227 e. The first-order valence-electron chi connectivity index (χ1n) is 7.60. The number of hydrogen-bond acceptors (Lipinski definition) is 7. The lowest BCUT2D eigenvalue weighted by atomic mass is 10.3. The van der Waals surface area contributed by atoms with Gasteiger partial charge in [0.2, 0.25) is 5.95 Å². The number of nitrogens with zero attached hydrogens (tertiary/aromatic N) is 4. The van der Waals surface area contributed by atoms with Gasteiger partial charge in [-0.15, -0.1) is 11.8 Å². The van der Waals surface area contributed by atoms with E-state index in [1.54, 1.807) is 0 Å². The molecule has 3 aliphatic rings. The average molecular weight is 308 g/mol. The molecule has 2 saturated heterocycles. The van der Waals surface area contributed by atoms with E-state index in [2.05, 4.69) is 9.80 Å². The van der Waals surface area contributed by atoms with E-state index in [0.29, 0.717) is 13.1 Å². The Morgan fingerprint density at radius 2 is 1.71 bits per heavy atom. The summed E-state index contributed by atoms with van der Waals surface area (Å²) in [6, 6.07) is 0. The molecule has 0 spiro atoms. The maximum absolute atomic E-state index is 9.79. The third kappa shape index (κ3) is 2.47. The molecule has 2 N–H and O–H groups in total. The number of aliphatic hydroxyl groups excluding tert-OH is 2. The Morgan fingerprint density at radius 1 is 1.00 bits per heavy atom. The van der Waals surface area contributed by atoms with Crippen molar-refractivity contribution in [3.63, 3.8) is 0 Å². The number of anilines is 2. The second-order valence-corrected chi connectivity index (χ2v) is 7.10. The van der Waals surface area contributed by atoms with Crippen LogP contribution < -0.4 is 9.80 Å². The second kappa shape index (κ2) is 5.30. The summed E-state index contributed by atoms with van der Waals surface area (Å²) >= 11 is 1.82. The molecule has 1 aromatic rings. The summed E-state index contributed by atoms with van der Waals surface area (Å²) in [7, 11) is 0. The lowest BCUT2D eigenvalue weighted by molar-refractivity contribution is 0.198. The number of β-amino-alcohol motifs (C(OH)–C–C–N with tert-alkyl or cyclic N) is 2. The van der Waals surface area contributed by atoms with Gasteiger partial charge < -0.3 is 20.0 Å². The molecule has 0 unspecified atom stereocenters. The van der Waals surface area contributed by atoms with Crippen LogP contribution in [0.5, 0.6) is 0 Å². The van der Waals surface area contributed by atoms with Gasteiger partial charge in [-0.25, -0.2) is 4.98 Å². The predicted octanol–water partition coefficient (Wildman–Crippen LogP) is 0.267. The quantitative estimate of drug-likeness (QED) is 0.812. The van der Waals surface area contributed by atoms with Crippen LogP contribution in [-0.4, -0.2) is 64.3 Å². The van der Waals surface area contributed by atoms with Gasteiger partial charge in [-0.2, -0.15) is 4.98 Å².